The molecule has 0 spiro atoms. The Labute approximate surface area is 189 Å². The van der Waals surface area contributed by atoms with E-state index in [0.717, 1.165) is 0 Å². The van der Waals surface area contributed by atoms with Crippen LogP contribution >= 0.6 is 23.8 Å². The van der Waals surface area contributed by atoms with Gasteiger partial charge in [-0.2, -0.15) is 0 Å². The molecule has 0 fully saturated rings. The Balaban J connectivity index is 2.22. The normalized spacial score (nSPS) is 10.2. The third kappa shape index (κ3) is 6.43. The molecule has 31 heavy (non-hydrogen) atoms. The zero-order valence-corrected chi connectivity index (χ0v) is 18.8. The van der Waals surface area contributed by atoms with Gasteiger partial charge in [0.05, 0.1) is 35.5 Å². The number of ether oxygens (including phenoxy) is 3. The third-order valence-electron chi connectivity index (χ3n) is 3.81. The number of hydrogen-bond acceptors (Lipinski definition) is 7. The molecule has 2 rings (SSSR count). The van der Waals surface area contributed by atoms with Gasteiger partial charge in [0, 0.05) is 17.7 Å². The second-order valence-corrected chi connectivity index (χ2v) is 6.75. The van der Waals surface area contributed by atoms with E-state index in [0.29, 0.717) is 42.8 Å². The lowest BCUT2D eigenvalue weighted by Gasteiger charge is -2.17. The topological polar surface area (TPSA) is 112 Å². The number of hydrogen-bond donors (Lipinski definition) is 2. The Morgan fingerprint density at radius 3 is 2.13 bits per heavy atom. The molecule has 0 heterocycles. The Kier molecular flexibility index (Phi) is 8.83. The molecule has 0 aliphatic heterocycles. The van der Waals surface area contributed by atoms with Crippen LogP contribution in [0.5, 0.6) is 17.2 Å². The van der Waals surface area contributed by atoms with Crippen LogP contribution in [0.15, 0.2) is 30.3 Å². The highest BCUT2D eigenvalue weighted by atomic mass is 35.5. The second kappa shape index (κ2) is 11.3. The largest absolute Gasteiger partial charge is 0.490 e. The summed E-state index contributed by atoms with van der Waals surface area (Å²) < 4.78 is 16.8. The van der Waals surface area contributed by atoms with Gasteiger partial charge in [0.2, 0.25) is 5.75 Å². The quantitative estimate of drug-likeness (QED) is 0.313. The van der Waals surface area contributed by atoms with E-state index in [2.05, 4.69) is 10.6 Å². The minimum absolute atomic E-state index is 0.0365. The van der Waals surface area contributed by atoms with E-state index in [1.807, 2.05) is 20.8 Å². The molecule has 11 heteroatoms. The van der Waals surface area contributed by atoms with Crippen LogP contribution in [0.2, 0.25) is 5.02 Å². The molecule has 0 saturated heterocycles. The number of carbonyl (C=O) groups excluding carboxylic acids is 1. The Morgan fingerprint density at radius 2 is 1.65 bits per heavy atom. The van der Waals surface area contributed by atoms with Crippen molar-refractivity contribution in [2.75, 3.05) is 25.1 Å². The summed E-state index contributed by atoms with van der Waals surface area (Å²) in [7, 11) is 0. The van der Waals surface area contributed by atoms with Gasteiger partial charge >= 0.3 is 0 Å². The van der Waals surface area contributed by atoms with Crippen molar-refractivity contribution in [2.45, 2.75) is 20.8 Å². The number of non-ortho nitro benzene ring substituents is 1. The van der Waals surface area contributed by atoms with Gasteiger partial charge in [0.25, 0.3) is 11.6 Å². The SMILES string of the molecule is CCOc1cc(C(=O)NC(=S)Nc2ccc([N+](=O)[O-])cc2Cl)cc(OCC)c1OCC. The predicted octanol–water partition coefficient (Wildman–Crippen LogP) is 4.57. The summed E-state index contributed by atoms with van der Waals surface area (Å²) in [5.74, 6) is 0.650. The lowest BCUT2D eigenvalue weighted by atomic mass is 10.1. The summed E-state index contributed by atoms with van der Waals surface area (Å²) in [6.07, 6.45) is 0. The molecule has 2 aromatic carbocycles. The van der Waals surface area contributed by atoms with Gasteiger partial charge < -0.3 is 19.5 Å². The highest BCUT2D eigenvalue weighted by molar-refractivity contribution is 7.80. The van der Waals surface area contributed by atoms with Crippen molar-refractivity contribution >= 4 is 46.2 Å². The van der Waals surface area contributed by atoms with Gasteiger partial charge in [-0.25, -0.2) is 0 Å². The highest BCUT2D eigenvalue weighted by Gasteiger charge is 2.19. The van der Waals surface area contributed by atoms with Crippen molar-refractivity contribution in [1.29, 1.82) is 0 Å². The fourth-order valence-corrected chi connectivity index (χ4v) is 2.99. The third-order valence-corrected chi connectivity index (χ3v) is 4.33. The van der Waals surface area contributed by atoms with Gasteiger partial charge in [0.15, 0.2) is 16.6 Å². The molecular formula is C20H22ClN3O6S. The number of benzene rings is 2. The van der Waals surface area contributed by atoms with Gasteiger partial charge in [-0.05, 0) is 51.2 Å². The molecule has 0 saturated carbocycles. The van der Waals surface area contributed by atoms with Crippen molar-refractivity contribution in [3.63, 3.8) is 0 Å². The van der Waals surface area contributed by atoms with Crippen LogP contribution in [0.4, 0.5) is 11.4 Å². The fraction of sp³-hybridized carbons (Fsp3) is 0.300. The number of rotatable bonds is 9. The molecule has 0 unspecified atom stereocenters. The number of nitro groups is 1. The Morgan fingerprint density at radius 1 is 1.06 bits per heavy atom. The second-order valence-electron chi connectivity index (χ2n) is 5.93. The molecule has 2 aromatic rings. The maximum Gasteiger partial charge on any atom is 0.271 e. The average Bonchev–Trinajstić information content (AvgIpc) is 2.71. The minimum Gasteiger partial charge on any atom is -0.490 e. The number of thiocarbonyl (C=S) groups is 1. The monoisotopic (exact) mass is 467 g/mol. The molecule has 0 bridgehead atoms. The number of anilines is 1. The molecule has 9 nitrogen and oxygen atoms in total. The number of halogens is 1. The molecule has 1 amide bonds. The molecule has 0 aliphatic rings. The maximum absolute atomic E-state index is 12.7. The van der Waals surface area contributed by atoms with Crippen LogP contribution in [-0.4, -0.2) is 35.8 Å². The lowest BCUT2D eigenvalue weighted by Crippen LogP contribution is -2.34. The van der Waals surface area contributed by atoms with Gasteiger partial charge in [0.1, 0.15) is 0 Å². The van der Waals surface area contributed by atoms with Gasteiger partial charge in [-0.15, -0.1) is 0 Å². The summed E-state index contributed by atoms with van der Waals surface area (Å²) in [5, 5.41) is 16.1. The molecular weight excluding hydrogens is 446 g/mol. The first-order valence-electron chi connectivity index (χ1n) is 9.43. The van der Waals surface area contributed by atoms with Crippen molar-refractivity contribution in [3.05, 3.63) is 51.0 Å². The van der Waals surface area contributed by atoms with Crippen LogP contribution in [0.1, 0.15) is 31.1 Å². The maximum atomic E-state index is 12.7. The molecule has 2 N–H and O–H groups in total. The van der Waals surface area contributed by atoms with Gasteiger partial charge in [-0.3, -0.25) is 20.2 Å². The van der Waals surface area contributed by atoms with E-state index in [1.165, 1.54) is 30.3 Å². The molecule has 0 radical (unpaired) electrons. The standard InChI is InChI=1S/C20H22ClN3O6S/c1-4-28-16-9-12(10-17(29-5-2)18(16)30-6-3)19(25)23-20(31)22-15-8-7-13(24(26)27)11-14(15)21/h7-11H,4-6H2,1-3H3,(H2,22,23,25,31). The lowest BCUT2D eigenvalue weighted by molar-refractivity contribution is -0.384. The summed E-state index contributed by atoms with van der Waals surface area (Å²) in [6.45, 7) is 6.60. The number of carbonyl (C=O) groups is 1. The number of amides is 1. The van der Waals surface area contributed by atoms with Crippen LogP contribution in [-0.2, 0) is 0 Å². The summed E-state index contributed by atoms with van der Waals surface area (Å²) in [5.41, 5.74) is 0.398. The molecule has 0 aliphatic carbocycles. The summed E-state index contributed by atoms with van der Waals surface area (Å²) in [6, 6.07) is 6.93. The smallest absolute Gasteiger partial charge is 0.271 e. The molecule has 0 atom stereocenters. The first-order chi connectivity index (χ1) is 14.8. The predicted molar refractivity (Wildman–Crippen MR) is 122 cm³/mol. The minimum atomic E-state index is -0.562. The van der Waals surface area contributed by atoms with Crippen LogP contribution in [0, 0.1) is 10.1 Å². The first-order valence-corrected chi connectivity index (χ1v) is 10.2. The van der Waals surface area contributed by atoms with E-state index in [4.69, 9.17) is 38.0 Å². The average molecular weight is 468 g/mol. The van der Waals surface area contributed by atoms with Crippen LogP contribution in [0.3, 0.4) is 0 Å². The summed E-state index contributed by atoms with van der Waals surface area (Å²) in [4.78, 5) is 23.0. The van der Waals surface area contributed by atoms with Crippen molar-refractivity contribution in [3.8, 4) is 17.2 Å². The van der Waals surface area contributed by atoms with E-state index in [-0.39, 0.29) is 21.4 Å². The van der Waals surface area contributed by atoms with Crippen LogP contribution < -0.4 is 24.8 Å². The zero-order valence-electron chi connectivity index (χ0n) is 17.2. The number of nitrogens with zero attached hydrogens (tertiary/aromatic N) is 1. The van der Waals surface area contributed by atoms with E-state index in [9.17, 15) is 14.9 Å². The van der Waals surface area contributed by atoms with Crippen molar-refractivity contribution in [1.82, 2.24) is 5.32 Å². The van der Waals surface area contributed by atoms with Crippen LogP contribution in [0.25, 0.3) is 0 Å². The zero-order chi connectivity index (χ0) is 23.0. The molecule has 166 valence electrons. The molecule has 0 aromatic heterocycles. The van der Waals surface area contributed by atoms with E-state index < -0.39 is 10.8 Å². The van der Waals surface area contributed by atoms with Crippen molar-refractivity contribution in [2.24, 2.45) is 0 Å². The highest BCUT2D eigenvalue weighted by Crippen LogP contribution is 2.39. The number of nitro benzene ring substituents is 1. The van der Waals surface area contributed by atoms with Gasteiger partial charge in [-0.1, -0.05) is 11.6 Å². The van der Waals surface area contributed by atoms with Crippen molar-refractivity contribution < 1.29 is 23.9 Å². The Hall–Kier alpha value is -3.11. The van der Waals surface area contributed by atoms with E-state index in [1.54, 1.807) is 0 Å². The number of nitrogens with one attached hydrogen (secondary N) is 2. The Bertz CT molecular complexity index is 958. The van der Waals surface area contributed by atoms with E-state index >= 15 is 0 Å². The first kappa shape index (κ1) is 24.2. The summed E-state index contributed by atoms with van der Waals surface area (Å²) >= 11 is 11.2. The fourth-order valence-electron chi connectivity index (χ4n) is 2.57.